The molecule has 1 fully saturated rings. The van der Waals surface area contributed by atoms with Crippen LogP contribution in [0.25, 0.3) is 0 Å². The van der Waals surface area contributed by atoms with Crippen molar-refractivity contribution in [2.24, 2.45) is 0 Å². The van der Waals surface area contributed by atoms with E-state index >= 15 is 0 Å². The number of carbonyl (C=O) groups excluding carboxylic acids is 1. The predicted molar refractivity (Wildman–Crippen MR) is 113 cm³/mol. The molecule has 3 rings (SSSR count). The van der Waals surface area contributed by atoms with Crippen LogP contribution in [0.15, 0.2) is 54.6 Å². The predicted octanol–water partition coefficient (Wildman–Crippen LogP) is 2.53. The van der Waals surface area contributed by atoms with Gasteiger partial charge >= 0.3 is 0 Å². The second kappa shape index (κ2) is 9.71. The van der Waals surface area contributed by atoms with Crippen LogP contribution in [0.2, 0.25) is 0 Å². The van der Waals surface area contributed by atoms with Gasteiger partial charge in [0.25, 0.3) is 0 Å². The number of aliphatic hydroxyl groups excluding tert-OH is 1. The molecule has 1 aliphatic rings. The average Bonchev–Trinajstić information content (AvgIpc) is 2.70. The lowest BCUT2D eigenvalue weighted by atomic mass is 10.1. The van der Waals surface area contributed by atoms with E-state index in [0.717, 1.165) is 38.4 Å². The van der Waals surface area contributed by atoms with E-state index in [4.69, 9.17) is 0 Å². The fourth-order valence-corrected chi connectivity index (χ4v) is 3.67. The number of piperazine rings is 1. The molecule has 1 amide bonds. The van der Waals surface area contributed by atoms with Gasteiger partial charge < -0.3 is 14.9 Å². The molecular formula is C23H31N3O2. The largest absolute Gasteiger partial charge is 0.392 e. The van der Waals surface area contributed by atoms with Crippen molar-refractivity contribution in [1.29, 1.82) is 0 Å². The van der Waals surface area contributed by atoms with Crippen molar-refractivity contribution in [2.75, 3.05) is 44.2 Å². The summed E-state index contributed by atoms with van der Waals surface area (Å²) in [6.07, 6.45) is -0.487. The molecule has 5 nitrogen and oxygen atoms in total. The first-order valence-electron chi connectivity index (χ1n) is 10.1. The smallest absolute Gasteiger partial charge is 0.242 e. The van der Waals surface area contributed by atoms with Crippen LogP contribution in [-0.2, 0) is 11.3 Å². The van der Waals surface area contributed by atoms with Gasteiger partial charge in [0.1, 0.15) is 0 Å². The Bertz CT molecular complexity index is 755. The molecule has 1 aliphatic heterocycles. The minimum absolute atomic E-state index is 0.125. The lowest BCUT2D eigenvalue weighted by Crippen LogP contribution is -2.51. The highest BCUT2D eigenvalue weighted by Crippen LogP contribution is 2.16. The van der Waals surface area contributed by atoms with Gasteiger partial charge in [0.15, 0.2) is 0 Å². The lowest BCUT2D eigenvalue weighted by molar-refractivity contribution is -0.131. The Kier molecular flexibility index (Phi) is 7.06. The molecule has 150 valence electrons. The van der Waals surface area contributed by atoms with Crippen LogP contribution < -0.4 is 4.90 Å². The summed E-state index contributed by atoms with van der Waals surface area (Å²) in [4.78, 5) is 19.2. The van der Waals surface area contributed by atoms with E-state index < -0.39 is 6.10 Å². The molecule has 1 unspecified atom stereocenters. The average molecular weight is 382 g/mol. The molecular weight excluding hydrogens is 350 g/mol. The first kappa shape index (κ1) is 20.4. The molecule has 1 atom stereocenters. The Labute approximate surface area is 168 Å². The van der Waals surface area contributed by atoms with Crippen molar-refractivity contribution in [3.05, 3.63) is 65.7 Å². The Morgan fingerprint density at radius 2 is 1.68 bits per heavy atom. The molecule has 0 aromatic heterocycles. The van der Waals surface area contributed by atoms with Crippen LogP contribution in [0.3, 0.4) is 0 Å². The highest BCUT2D eigenvalue weighted by atomic mass is 16.3. The van der Waals surface area contributed by atoms with Crippen LogP contribution in [0.4, 0.5) is 5.69 Å². The maximum absolute atomic E-state index is 12.9. The maximum Gasteiger partial charge on any atom is 0.242 e. The fraction of sp³-hybridized carbons (Fsp3) is 0.435. The first-order chi connectivity index (χ1) is 13.5. The van der Waals surface area contributed by atoms with E-state index in [-0.39, 0.29) is 5.91 Å². The van der Waals surface area contributed by atoms with Crippen molar-refractivity contribution in [3.8, 4) is 0 Å². The maximum atomic E-state index is 12.9. The molecule has 28 heavy (non-hydrogen) atoms. The number of carbonyl (C=O) groups is 1. The number of hydrogen-bond acceptors (Lipinski definition) is 4. The highest BCUT2D eigenvalue weighted by molar-refractivity contribution is 5.81. The minimum Gasteiger partial charge on any atom is -0.392 e. The molecule has 0 radical (unpaired) electrons. The summed E-state index contributed by atoms with van der Waals surface area (Å²) in [6.45, 7) is 8.87. The van der Waals surface area contributed by atoms with Crippen LogP contribution in [-0.4, -0.2) is 66.2 Å². The van der Waals surface area contributed by atoms with Gasteiger partial charge in [0, 0.05) is 45.0 Å². The number of aliphatic hydroxyl groups is 1. The van der Waals surface area contributed by atoms with Gasteiger partial charge in [-0.15, -0.1) is 0 Å². The summed E-state index contributed by atoms with van der Waals surface area (Å²) < 4.78 is 0. The van der Waals surface area contributed by atoms with Crippen LogP contribution in [0.1, 0.15) is 18.1 Å². The number of aryl methyl sites for hydroxylation is 1. The summed E-state index contributed by atoms with van der Waals surface area (Å²) in [5.74, 6) is 0.125. The lowest BCUT2D eigenvalue weighted by Gasteiger charge is -2.36. The molecule has 2 aromatic rings. The van der Waals surface area contributed by atoms with Gasteiger partial charge in [-0.2, -0.15) is 0 Å². The highest BCUT2D eigenvalue weighted by Gasteiger charge is 2.23. The van der Waals surface area contributed by atoms with E-state index in [0.29, 0.717) is 13.1 Å². The molecule has 1 heterocycles. The van der Waals surface area contributed by atoms with Gasteiger partial charge in [0.05, 0.1) is 12.6 Å². The quantitative estimate of drug-likeness (QED) is 0.801. The monoisotopic (exact) mass is 381 g/mol. The zero-order valence-electron chi connectivity index (χ0n) is 16.9. The number of para-hydroxylation sites is 1. The van der Waals surface area contributed by atoms with Crippen molar-refractivity contribution >= 4 is 11.6 Å². The SMILES string of the molecule is Cc1ccccc1CN1CCN(C(=O)CN(CC(C)O)c2ccccc2)CC1. The second-order valence-corrected chi connectivity index (χ2v) is 7.65. The zero-order chi connectivity index (χ0) is 19.9. The third kappa shape index (κ3) is 5.57. The Hall–Kier alpha value is -2.37. The van der Waals surface area contributed by atoms with E-state index in [1.54, 1.807) is 6.92 Å². The molecule has 1 N–H and O–H groups in total. The van der Waals surface area contributed by atoms with Crippen molar-refractivity contribution in [2.45, 2.75) is 26.5 Å². The minimum atomic E-state index is -0.487. The van der Waals surface area contributed by atoms with E-state index in [9.17, 15) is 9.90 Å². The summed E-state index contributed by atoms with van der Waals surface area (Å²) in [5, 5.41) is 9.83. The third-order valence-electron chi connectivity index (χ3n) is 5.31. The molecule has 1 saturated heterocycles. The van der Waals surface area contributed by atoms with Crippen molar-refractivity contribution in [3.63, 3.8) is 0 Å². The number of benzene rings is 2. The molecule has 0 aliphatic carbocycles. The van der Waals surface area contributed by atoms with Gasteiger partial charge in [0.2, 0.25) is 5.91 Å². The summed E-state index contributed by atoms with van der Waals surface area (Å²) in [5.41, 5.74) is 3.64. The zero-order valence-corrected chi connectivity index (χ0v) is 16.9. The van der Waals surface area contributed by atoms with Crippen LogP contribution >= 0.6 is 0 Å². The third-order valence-corrected chi connectivity index (χ3v) is 5.31. The van der Waals surface area contributed by atoms with Gasteiger partial charge in [-0.1, -0.05) is 42.5 Å². The first-order valence-corrected chi connectivity index (χ1v) is 10.1. The number of rotatable bonds is 7. The van der Waals surface area contributed by atoms with Gasteiger partial charge in [-0.25, -0.2) is 0 Å². The molecule has 0 bridgehead atoms. The van der Waals surface area contributed by atoms with E-state index in [1.807, 2.05) is 40.1 Å². The number of anilines is 1. The van der Waals surface area contributed by atoms with E-state index in [2.05, 4.69) is 36.1 Å². The van der Waals surface area contributed by atoms with Crippen molar-refractivity contribution in [1.82, 2.24) is 9.80 Å². The van der Waals surface area contributed by atoms with E-state index in [1.165, 1.54) is 11.1 Å². The van der Waals surface area contributed by atoms with Crippen molar-refractivity contribution < 1.29 is 9.90 Å². The summed E-state index contributed by atoms with van der Waals surface area (Å²) in [6, 6.07) is 18.3. The fourth-order valence-electron chi connectivity index (χ4n) is 3.67. The Morgan fingerprint density at radius 1 is 1.04 bits per heavy atom. The van der Waals surface area contributed by atoms with Gasteiger partial charge in [-0.05, 0) is 37.1 Å². The molecule has 5 heteroatoms. The summed E-state index contributed by atoms with van der Waals surface area (Å²) in [7, 11) is 0. The number of nitrogens with zero attached hydrogens (tertiary/aromatic N) is 3. The van der Waals surface area contributed by atoms with Crippen LogP contribution in [0.5, 0.6) is 0 Å². The number of hydrogen-bond donors (Lipinski definition) is 1. The Balaban J connectivity index is 1.54. The van der Waals surface area contributed by atoms with Gasteiger partial charge in [-0.3, -0.25) is 9.69 Å². The topological polar surface area (TPSA) is 47.0 Å². The normalized spacial score (nSPS) is 16.0. The molecule has 2 aromatic carbocycles. The molecule has 0 spiro atoms. The second-order valence-electron chi connectivity index (χ2n) is 7.65. The Morgan fingerprint density at radius 3 is 2.32 bits per heavy atom. The standard InChI is InChI=1S/C23H31N3O2/c1-19-8-6-7-9-21(19)17-24-12-14-25(15-13-24)23(28)18-26(16-20(2)27)22-10-4-3-5-11-22/h3-11,20,27H,12-18H2,1-2H3. The van der Waals surface area contributed by atoms with Crippen LogP contribution in [0, 0.1) is 6.92 Å². The molecule has 0 saturated carbocycles. The summed E-state index contributed by atoms with van der Waals surface area (Å²) >= 11 is 0. The number of amides is 1.